The van der Waals surface area contributed by atoms with Gasteiger partial charge in [-0.05, 0) is 55.3 Å². The minimum Gasteiger partial charge on any atom is -0.378 e. The molecule has 2 aromatic carbocycles. The van der Waals surface area contributed by atoms with Gasteiger partial charge in [-0.15, -0.1) is 0 Å². The van der Waals surface area contributed by atoms with Gasteiger partial charge in [-0.1, -0.05) is 40.9 Å². The van der Waals surface area contributed by atoms with Crippen LogP contribution in [0.1, 0.15) is 24.1 Å². The van der Waals surface area contributed by atoms with Crippen LogP contribution in [0.25, 0.3) is 0 Å². The first-order valence-corrected chi connectivity index (χ1v) is 7.08. The lowest BCUT2D eigenvalue weighted by Crippen LogP contribution is -2.07. The normalized spacial score (nSPS) is 12.3. The quantitative estimate of drug-likeness (QED) is 0.718. The Bertz CT molecular complexity index is 596. The van der Waals surface area contributed by atoms with Crippen molar-refractivity contribution in [3.63, 3.8) is 0 Å². The van der Waals surface area contributed by atoms with E-state index in [1.165, 1.54) is 0 Å². The van der Waals surface area contributed by atoms with E-state index in [1.807, 2.05) is 38.1 Å². The molecule has 0 amide bonds. The molecule has 2 rings (SSSR count). The van der Waals surface area contributed by atoms with Crippen LogP contribution in [-0.2, 0) is 0 Å². The third kappa shape index (κ3) is 3.56. The van der Waals surface area contributed by atoms with E-state index in [2.05, 4.69) is 5.32 Å². The lowest BCUT2D eigenvalue weighted by molar-refractivity contribution is 0.885. The van der Waals surface area contributed by atoms with E-state index in [4.69, 9.17) is 34.8 Å². The Morgan fingerprint density at radius 3 is 2.37 bits per heavy atom. The number of rotatable bonds is 3. The highest BCUT2D eigenvalue weighted by molar-refractivity contribution is 6.33. The Morgan fingerprint density at radius 2 is 1.68 bits per heavy atom. The summed E-state index contributed by atoms with van der Waals surface area (Å²) in [6.45, 7) is 4.01. The van der Waals surface area contributed by atoms with Crippen LogP contribution in [0.5, 0.6) is 0 Å². The van der Waals surface area contributed by atoms with Crippen LogP contribution in [0.2, 0.25) is 15.1 Å². The zero-order valence-electron chi connectivity index (χ0n) is 10.7. The third-order valence-corrected chi connectivity index (χ3v) is 3.97. The van der Waals surface area contributed by atoms with Crippen LogP contribution in [0.4, 0.5) is 5.69 Å². The maximum absolute atomic E-state index is 6.19. The summed E-state index contributed by atoms with van der Waals surface area (Å²) >= 11 is 18.3. The van der Waals surface area contributed by atoms with Crippen LogP contribution in [-0.4, -0.2) is 0 Å². The van der Waals surface area contributed by atoms with Crippen molar-refractivity contribution >= 4 is 40.5 Å². The smallest absolute Gasteiger partial charge is 0.0500 e. The fourth-order valence-electron chi connectivity index (χ4n) is 1.86. The number of halogens is 3. The van der Waals surface area contributed by atoms with Gasteiger partial charge in [0.05, 0.1) is 6.04 Å². The van der Waals surface area contributed by atoms with E-state index in [0.717, 1.165) is 21.8 Å². The van der Waals surface area contributed by atoms with Crippen molar-refractivity contribution in [2.75, 3.05) is 5.32 Å². The van der Waals surface area contributed by atoms with E-state index in [0.29, 0.717) is 10.0 Å². The second kappa shape index (κ2) is 6.04. The van der Waals surface area contributed by atoms with Crippen molar-refractivity contribution < 1.29 is 0 Å². The summed E-state index contributed by atoms with van der Waals surface area (Å²) in [5.74, 6) is 0. The molecule has 1 unspecified atom stereocenters. The second-order valence-electron chi connectivity index (χ2n) is 4.50. The van der Waals surface area contributed by atoms with E-state index < -0.39 is 0 Å². The SMILES string of the molecule is Cc1ccc(NC(C)c2cc(Cl)ccc2Cl)cc1Cl. The topological polar surface area (TPSA) is 12.0 Å². The molecule has 1 N–H and O–H groups in total. The average molecular weight is 315 g/mol. The number of benzene rings is 2. The third-order valence-electron chi connectivity index (χ3n) is 2.98. The van der Waals surface area contributed by atoms with Gasteiger partial charge in [0.2, 0.25) is 0 Å². The molecular formula is C15H14Cl3N. The highest BCUT2D eigenvalue weighted by Crippen LogP contribution is 2.29. The number of anilines is 1. The number of hydrogen-bond acceptors (Lipinski definition) is 1. The zero-order chi connectivity index (χ0) is 14.0. The molecular weight excluding hydrogens is 301 g/mol. The van der Waals surface area contributed by atoms with Crippen LogP contribution in [0, 0.1) is 6.92 Å². The molecule has 0 aliphatic rings. The van der Waals surface area contributed by atoms with Gasteiger partial charge in [0.15, 0.2) is 0 Å². The van der Waals surface area contributed by atoms with Gasteiger partial charge in [0.1, 0.15) is 0 Å². The highest BCUT2D eigenvalue weighted by atomic mass is 35.5. The van der Waals surface area contributed by atoms with Crippen molar-refractivity contribution in [1.29, 1.82) is 0 Å². The molecule has 100 valence electrons. The van der Waals surface area contributed by atoms with Crippen LogP contribution >= 0.6 is 34.8 Å². The Hall–Kier alpha value is -0.890. The standard InChI is InChI=1S/C15H14Cl3N/c1-9-3-5-12(8-15(9)18)19-10(2)13-7-11(16)4-6-14(13)17/h3-8,10,19H,1-2H3. The fraction of sp³-hybridized carbons (Fsp3) is 0.200. The maximum Gasteiger partial charge on any atom is 0.0500 e. The van der Waals surface area contributed by atoms with Gasteiger partial charge >= 0.3 is 0 Å². The number of nitrogens with one attached hydrogen (secondary N) is 1. The van der Waals surface area contributed by atoms with Crippen molar-refractivity contribution in [3.05, 3.63) is 62.6 Å². The molecule has 2 aromatic rings. The molecule has 0 fully saturated rings. The first kappa shape index (κ1) is 14.5. The number of aryl methyl sites for hydroxylation is 1. The highest BCUT2D eigenvalue weighted by Gasteiger charge is 2.10. The Morgan fingerprint density at radius 1 is 0.947 bits per heavy atom. The monoisotopic (exact) mass is 313 g/mol. The summed E-state index contributed by atoms with van der Waals surface area (Å²) in [7, 11) is 0. The lowest BCUT2D eigenvalue weighted by Gasteiger charge is -2.18. The molecule has 0 aliphatic carbocycles. The van der Waals surface area contributed by atoms with Crippen molar-refractivity contribution in [2.24, 2.45) is 0 Å². The first-order valence-electron chi connectivity index (χ1n) is 5.95. The summed E-state index contributed by atoms with van der Waals surface area (Å²) < 4.78 is 0. The predicted molar refractivity (Wildman–Crippen MR) is 84.7 cm³/mol. The molecule has 19 heavy (non-hydrogen) atoms. The second-order valence-corrected chi connectivity index (χ2v) is 5.75. The summed E-state index contributed by atoms with van der Waals surface area (Å²) in [4.78, 5) is 0. The van der Waals surface area contributed by atoms with E-state index >= 15 is 0 Å². The zero-order valence-corrected chi connectivity index (χ0v) is 12.9. The summed E-state index contributed by atoms with van der Waals surface area (Å²) in [6, 6.07) is 11.4. The molecule has 0 aliphatic heterocycles. The van der Waals surface area contributed by atoms with Gasteiger partial charge < -0.3 is 5.32 Å². The molecule has 4 heteroatoms. The predicted octanol–water partition coefficient (Wildman–Crippen LogP) is 6.13. The minimum absolute atomic E-state index is 0.0463. The maximum atomic E-state index is 6.19. The first-order chi connectivity index (χ1) is 8.97. The van der Waals surface area contributed by atoms with Crippen LogP contribution < -0.4 is 5.32 Å². The van der Waals surface area contributed by atoms with Crippen molar-refractivity contribution in [1.82, 2.24) is 0 Å². The molecule has 0 bridgehead atoms. The van der Waals surface area contributed by atoms with Crippen LogP contribution in [0.3, 0.4) is 0 Å². The molecule has 0 saturated heterocycles. The molecule has 0 saturated carbocycles. The van der Waals surface area contributed by atoms with Gasteiger partial charge in [0.25, 0.3) is 0 Å². The average Bonchev–Trinajstić information content (AvgIpc) is 2.36. The van der Waals surface area contributed by atoms with Crippen LogP contribution in [0.15, 0.2) is 36.4 Å². The molecule has 0 spiro atoms. The Balaban J connectivity index is 2.22. The van der Waals surface area contributed by atoms with Crippen molar-refractivity contribution in [3.8, 4) is 0 Å². The van der Waals surface area contributed by atoms with Gasteiger partial charge in [-0.3, -0.25) is 0 Å². The Kier molecular flexibility index (Phi) is 4.62. The van der Waals surface area contributed by atoms with Gasteiger partial charge in [0, 0.05) is 20.8 Å². The van der Waals surface area contributed by atoms with E-state index in [1.54, 1.807) is 12.1 Å². The summed E-state index contributed by atoms with van der Waals surface area (Å²) in [5.41, 5.74) is 2.98. The largest absolute Gasteiger partial charge is 0.378 e. The molecule has 0 aromatic heterocycles. The van der Waals surface area contributed by atoms with Crippen molar-refractivity contribution in [2.45, 2.75) is 19.9 Å². The number of hydrogen-bond donors (Lipinski definition) is 1. The van der Waals surface area contributed by atoms with E-state index in [9.17, 15) is 0 Å². The Labute approximate surface area is 128 Å². The molecule has 0 heterocycles. The van der Waals surface area contributed by atoms with Gasteiger partial charge in [-0.2, -0.15) is 0 Å². The molecule has 1 atom stereocenters. The lowest BCUT2D eigenvalue weighted by atomic mass is 10.1. The summed E-state index contributed by atoms with van der Waals surface area (Å²) in [6.07, 6.45) is 0. The molecule has 0 radical (unpaired) electrons. The molecule has 1 nitrogen and oxygen atoms in total. The summed E-state index contributed by atoms with van der Waals surface area (Å²) in [5, 5.41) is 5.48. The van der Waals surface area contributed by atoms with E-state index in [-0.39, 0.29) is 6.04 Å². The van der Waals surface area contributed by atoms with Gasteiger partial charge in [-0.25, -0.2) is 0 Å². The minimum atomic E-state index is 0.0463. The fourth-order valence-corrected chi connectivity index (χ4v) is 2.50.